The maximum atomic E-state index is 14.7. The Kier molecular flexibility index (Phi) is 12.8. The summed E-state index contributed by atoms with van der Waals surface area (Å²) in [7, 11) is 0. The molecule has 228 valence electrons. The Morgan fingerprint density at radius 3 is 1.47 bits per heavy atom. The highest BCUT2D eigenvalue weighted by Gasteiger charge is 2.17. The van der Waals surface area contributed by atoms with Gasteiger partial charge in [0.1, 0.15) is 0 Å². The number of rotatable bonds is 17. The summed E-state index contributed by atoms with van der Waals surface area (Å²) in [4.78, 5) is 0. The summed E-state index contributed by atoms with van der Waals surface area (Å²) in [6, 6.07) is 28.5. The molecular formula is C40H48F2O. The summed E-state index contributed by atoms with van der Waals surface area (Å²) < 4.78 is 34.7. The second-order valence-electron chi connectivity index (χ2n) is 11.9. The van der Waals surface area contributed by atoms with Gasteiger partial charge in [0.25, 0.3) is 0 Å². The van der Waals surface area contributed by atoms with Gasteiger partial charge in [-0.3, -0.25) is 0 Å². The Hall–Kier alpha value is -3.46. The Balaban J connectivity index is 1.22. The number of aryl methyl sites for hydroxylation is 5. The first kappa shape index (κ1) is 32.5. The molecule has 0 amide bonds. The zero-order valence-corrected chi connectivity index (χ0v) is 26.4. The molecule has 0 unspecified atom stereocenters. The lowest BCUT2D eigenvalue weighted by Gasteiger charge is -2.13. The third-order valence-corrected chi connectivity index (χ3v) is 8.43. The topological polar surface area (TPSA) is 9.23 Å². The molecule has 0 fully saturated rings. The molecule has 0 spiro atoms. The van der Waals surface area contributed by atoms with Crippen molar-refractivity contribution in [3.63, 3.8) is 0 Å². The van der Waals surface area contributed by atoms with Crippen LogP contribution in [0, 0.1) is 18.6 Å². The minimum atomic E-state index is -0.858. The first-order valence-corrected chi connectivity index (χ1v) is 16.3. The predicted octanol–water partition coefficient (Wildman–Crippen LogP) is 11.2. The standard InChI is InChI=1S/C40H48F2O/c1-4-6-8-11-31-14-16-33(17-15-31)18-19-34-22-26-36(27-23-34)35-24-20-32(21-25-35)12-9-10-13-37-30(3)29-38(40(42)39(37)41)43-28-7-5-2/h14-17,20-27,29H,4-13,18-19,28H2,1-3H3. The molecule has 0 aliphatic carbocycles. The van der Waals surface area contributed by atoms with Crippen LogP contribution < -0.4 is 4.74 Å². The molecule has 0 heterocycles. The van der Waals surface area contributed by atoms with Crippen molar-refractivity contribution in [1.82, 2.24) is 0 Å². The highest BCUT2D eigenvalue weighted by atomic mass is 19.2. The lowest BCUT2D eigenvalue weighted by molar-refractivity contribution is 0.287. The van der Waals surface area contributed by atoms with Gasteiger partial charge in [-0.1, -0.05) is 106 Å². The first-order valence-electron chi connectivity index (χ1n) is 16.3. The van der Waals surface area contributed by atoms with Crippen molar-refractivity contribution < 1.29 is 13.5 Å². The van der Waals surface area contributed by atoms with Crippen LogP contribution in [-0.4, -0.2) is 6.61 Å². The molecule has 3 heteroatoms. The van der Waals surface area contributed by atoms with Crippen LogP contribution in [-0.2, 0) is 32.1 Å². The van der Waals surface area contributed by atoms with E-state index in [4.69, 9.17) is 4.74 Å². The van der Waals surface area contributed by atoms with E-state index in [9.17, 15) is 8.78 Å². The zero-order chi connectivity index (χ0) is 30.4. The van der Waals surface area contributed by atoms with Gasteiger partial charge >= 0.3 is 0 Å². The quantitative estimate of drug-likeness (QED) is 0.113. The molecule has 0 bridgehead atoms. The van der Waals surface area contributed by atoms with Crippen LogP contribution in [0.5, 0.6) is 5.75 Å². The molecule has 0 saturated heterocycles. The highest BCUT2D eigenvalue weighted by molar-refractivity contribution is 5.64. The summed E-state index contributed by atoms with van der Waals surface area (Å²) in [6.45, 7) is 6.53. The summed E-state index contributed by atoms with van der Waals surface area (Å²) >= 11 is 0. The van der Waals surface area contributed by atoms with Crippen LogP contribution >= 0.6 is 0 Å². The van der Waals surface area contributed by atoms with Gasteiger partial charge in [-0.2, -0.15) is 4.39 Å². The van der Waals surface area contributed by atoms with Crippen LogP contribution in [0.4, 0.5) is 8.78 Å². The SMILES string of the molecule is CCCCCc1ccc(CCc2ccc(-c3ccc(CCCCc4c(C)cc(OCCCC)c(F)c4F)cc3)cc2)cc1. The van der Waals surface area contributed by atoms with E-state index in [2.05, 4.69) is 79.7 Å². The third-order valence-electron chi connectivity index (χ3n) is 8.43. The molecule has 0 N–H and O–H groups in total. The fourth-order valence-corrected chi connectivity index (χ4v) is 5.60. The number of hydrogen-bond acceptors (Lipinski definition) is 1. The van der Waals surface area contributed by atoms with E-state index in [0.717, 1.165) is 50.5 Å². The lowest BCUT2D eigenvalue weighted by Crippen LogP contribution is -2.05. The summed E-state index contributed by atoms with van der Waals surface area (Å²) in [5, 5.41) is 0. The molecule has 43 heavy (non-hydrogen) atoms. The Morgan fingerprint density at radius 2 is 0.953 bits per heavy atom. The number of halogens is 2. The number of unbranched alkanes of at least 4 members (excludes halogenated alkanes) is 4. The van der Waals surface area contributed by atoms with Gasteiger partial charge < -0.3 is 4.74 Å². The number of benzene rings is 4. The van der Waals surface area contributed by atoms with Gasteiger partial charge in [0.15, 0.2) is 11.6 Å². The van der Waals surface area contributed by atoms with Crippen LogP contribution in [0.2, 0.25) is 0 Å². The van der Waals surface area contributed by atoms with Crippen LogP contribution in [0.15, 0.2) is 78.9 Å². The summed E-state index contributed by atoms with van der Waals surface area (Å²) in [5.74, 6) is -1.59. The van der Waals surface area contributed by atoms with Crippen LogP contribution in [0.25, 0.3) is 11.1 Å². The van der Waals surface area contributed by atoms with Crippen molar-refractivity contribution in [2.75, 3.05) is 6.61 Å². The van der Waals surface area contributed by atoms with E-state index in [1.54, 1.807) is 6.07 Å². The molecule has 1 nitrogen and oxygen atoms in total. The van der Waals surface area contributed by atoms with E-state index < -0.39 is 11.6 Å². The summed E-state index contributed by atoms with van der Waals surface area (Å²) in [5.41, 5.74) is 9.13. The molecule has 0 aliphatic heterocycles. The van der Waals surface area contributed by atoms with Gasteiger partial charge in [0, 0.05) is 0 Å². The van der Waals surface area contributed by atoms with Crippen LogP contribution in [0.3, 0.4) is 0 Å². The van der Waals surface area contributed by atoms with Crippen molar-refractivity contribution >= 4 is 0 Å². The molecule has 0 aliphatic rings. The van der Waals surface area contributed by atoms with Crippen molar-refractivity contribution in [1.29, 1.82) is 0 Å². The molecular weight excluding hydrogens is 534 g/mol. The van der Waals surface area contributed by atoms with Crippen molar-refractivity contribution in [3.8, 4) is 16.9 Å². The molecule has 4 rings (SSSR count). The van der Waals surface area contributed by atoms with Gasteiger partial charge in [0.2, 0.25) is 5.82 Å². The smallest absolute Gasteiger partial charge is 0.200 e. The zero-order valence-electron chi connectivity index (χ0n) is 26.4. The van der Waals surface area contributed by atoms with Gasteiger partial charge in [0.05, 0.1) is 6.61 Å². The van der Waals surface area contributed by atoms with Crippen molar-refractivity contribution in [3.05, 3.63) is 124 Å². The van der Waals surface area contributed by atoms with E-state index in [1.807, 2.05) is 13.8 Å². The van der Waals surface area contributed by atoms with E-state index in [0.29, 0.717) is 18.6 Å². The normalized spacial score (nSPS) is 11.2. The Bertz CT molecular complexity index is 1390. The van der Waals surface area contributed by atoms with Gasteiger partial charge in [-0.05, 0) is 115 Å². The minimum absolute atomic E-state index is 0.0283. The van der Waals surface area contributed by atoms with Crippen molar-refractivity contribution in [2.24, 2.45) is 0 Å². The average Bonchev–Trinajstić information content (AvgIpc) is 3.03. The average molecular weight is 583 g/mol. The third kappa shape index (κ3) is 9.78. The molecule has 0 aromatic heterocycles. The fraction of sp³-hybridized carbons (Fsp3) is 0.400. The second-order valence-corrected chi connectivity index (χ2v) is 11.9. The highest BCUT2D eigenvalue weighted by Crippen LogP contribution is 2.28. The lowest BCUT2D eigenvalue weighted by atomic mass is 9.97. The van der Waals surface area contributed by atoms with Gasteiger partial charge in [-0.25, -0.2) is 4.39 Å². The van der Waals surface area contributed by atoms with Crippen molar-refractivity contribution in [2.45, 2.75) is 97.8 Å². The van der Waals surface area contributed by atoms with E-state index in [1.165, 1.54) is 59.1 Å². The first-order chi connectivity index (χ1) is 21.0. The molecule has 0 radical (unpaired) electrons. The van der Waals surface area contributed by atoms with Gasteiger partial charge in [-0.15, -0.1) is 0 Å². The molecule has 4 aromatic rings. The van der Waals surface area contributed by atoms with E-state index >= 15 is 0 Å². The minimum Gasteiger partial charge on any atom is -0.490 e. The maximum Gasteiger partial charge on any atom is 0.200 e. The van der Waals surface area contributed by atoms with Crippen LogP contribution in [0.1, 0.15) is 92.2 Å². The Morgan fingerprint density at radius 1 is 0.512 bits per heavy atom. The fourth-order valence-electron chi connectivity index (χ4n) is 5.60. The summed E-state index contributed by atoms with van der Waals surface area (Å²) in [6.07, 6.45) is 12.1. The predicted molar refractivity (Wildman–Crippen MR) is 177 cm³/mol. The molecule has 0 atom stereocenters. The Labute approximate surface area is 258 Å². The molecule has 0 saturated carbocycles. The second kappa shape index (κ2) is 17.0. The van der Waals surface area contributed by atoms with E-state index in [-0.39, 0.29) is 5.75 Å². The molecule has 4 aromatic carbocycles. The largest absolute Gasteiger partial charge is 0.490 e. The number of hydrogen-bond donors (Lipinski definition) is 0. The number of ether oxygens (including phenoxy) is 1. The monoisotopic (exact) mass is 582 g/mol. The maximum absolute atomic E-state index is 14.7.